The molecule has 1 atom stereocenters. The topological polar surface area (TPSA) is 57.7 Å². The average molecular weight is 280 g/mol. The van der Waals surface area contributed by atoms with Crippen molar-refractivity contribution in [2.24, 2.45) is 0 Å². The van der Waals surface area contributed by atoms with E-state index in [0.29, 0.717) is 13.1 Å². The van der Waals surface area contributed by atoms with Gasteiger partial charge in [0.05, 0.1) is 18.8 Å². The quantitative estimate of drug-likeness (QED) is 0.747. The van der Waals surface area contributed by atoms with Crippen molar-refractivity contribution in [3.63, 3.8) is 0 Å². The highest BCUT2D eigenvalue weighted by molar-refractivity contribution is 7.88. The summed E-state index contributed by atoms with van der Waals surface area (Å²) in [5, 5.41) is 0. The van der Waals surface area contributed by atoms with Crippen LogP contribution < -0.4 is 0 Å². The van der Waals surface area contributed by atoms with Gasteiger partial charge in [0, 0.05) is 13.1 Å². The van der Waals surface area contributed by atoms with Crippen molar-refractivity contribution in [2.45, 2.75) is 12.5 Å². The second-order valence-corrected chi connectivity index (χ2v) is 7.09. The van der Waals surface area contributed by atoms with Gasteiger partial charge in [0.25, 0.3) is 0 Å². The van der Waals surface area contributed by atoms with Crippen LogP contribution in [0, 0.1) is 0 Å². The summed E-state index contributed by atoms with van der Waals surface area (Å²) >= 11 is 0. The van der Waals surface area contributed by atoms with Crippen molar-refractivity contribution in [1.82, 2.24) is 9.21 Å². The first kappa shape index (κ1) is 12.6. The SMILES string of the molecule is CS(=O)(=O)N1CC(=O)N2CCc3ccccc3C2C1. The Bertz CT molecular complexity index is 627. The molecule has 1 amide bonds. The third kappa shape index (κ3) is 2.15. The highest BCUT2D eigenvalue weighted by Crippen LogP contribution is 2.33. The summed E-state index contributed by atoms with van der Waals surface area (Å²) in [7, 11) is -3.33. The predicted molar refractivity (Wildman–Crippen MR) is 71.0 cm³/mol. The molecule has 0 radical (unpaired) electrons. The first-order valence-corrected chi connectivity index (χ1v) is 8.14. The first-order chi connectivity index (χ1) is 8.97. The van der Waals surface area contributed by atoms with Gasteiger partial charge < -0.3 is 4.90 Å². The lowest BCUT2D eigenvalue weighted by molar-refractivity contribution is -0.138. The Balaban J connectivity index is 2.00. The van der Waals surface area contributed by atoms with Crippen molar-refractivity contribution in [1.29, 1.82) is 0 Å². The molecule has 1 fully saturated rings. The van der Waals surface area contributed by atoms with E-state index in [2.05, 4.69) is 6.07 Å². The molecule has 0 N–H and O–H groups in total. The second-order valence-electron chi connectivity index (χ2n) is 5.11. The van der Waals surface area contributed by atoms with Crippen LogP contribution in [0.1, 0.15) is 17.2 Å². The summed E-state index contributed by atoms with van der Waals surface area (Å²) in [5.74, 6) is -0.101. The summed E-state index contributed by atoms with van der Waals surface area (Å²) in [6.07, 6.45) is 2.00. The summed E-state index contributed by atoms with van der Waals surface area (Å²) < 4.78 is 24.6. The minimum Gasteiger partial charge on any atom is -0.333 e. The summed E-state index contributed by atoms with van der Waals surface area (Å²) in [6, 6.07) is 7.82. The van der Waals surface area contributed by atoms with E-state index in [4.69, 9.17) is 0 Å². The van der Waals surface area contributed by atoms with Gasteiger partial charge in [-0.1, -0.05) is 24.3 Å². The zero-order chi connectivity index (χ0) is 13.6. The fourth-order valence-corrected chi connectivity index (χ4v) is 3.66. The molecule has 102 valence electrons. The molecule has 5 nitrogen and oxygen atoms in total. The Morgan fingerprint density at radius 1 is 1.26 bits per heavy atom. The molecule has 1 saturated heterocycles. The number of sulfonamides is 1. The average Bonchev–Trinajstić information content (AvgIpc) is 2.37. The number of nitrogens with zero attached hydrogens (tertiary/aromatic N) is 2. The van der Waals surface area contributed by atoms with E-state index in [9.17, 15) is 13.2 Å². The standard InChI is InChI=1S/C13H16N2O3S/c1-19(17,18)14-8-12-11-5-3-2-4-10(11)6-7-15(12)13(16)9-14/h2-5,12H,6-9H2,1H3. The van der Waals surface area contributed by atoms with Crippen LogP contribution in [0.15, 0.2) is 24.3 Å². The highest BCUT2D eigenvalue weighted by atomic mass is 32.2. The molecular weight excluding hydrogens is 264 g/mol. The molecule has 19 heavy (non-hydrogen) atoms. The number of benzene rings is 1. The molecule has 0 bridgehead atoms. The summed E-state index contributed by atoms with van der Waals surface area (Å²) in [5.41, 5.74) is 2.29. The zero-order valence-electron chi connectivity index (χ0n) is 10.7. The number of piperazine rings is 1. The Morgan fingerprint density at radius 3 is 2.74 bits per heavy atom. The van der Waals surface area contributed by atoms with E-state index in [1.54, 1.807) is 0 Å². The molecule has 0 saturated carbocycles. The van der Waals surface area contributed by atoms with Crippen LogP contribution in [0.3, 0.4) is 0 Å². The number of fused-ring (bicyclic) bond motifs is 3. The van der Waals surface area contributed by atoms with Gasteiger partial charge in [-0.25, -0.2) is 8.42 Å². The molecule has 3 rings (SSSR count). The number of carbonyl (C=O) groups is 1. The van der Waals surface area contributed by atoms with Crippen LogP contribution in [-0.4, -0.2) is 49.4 Å². The molecule has 1 unspecified atom stereocenters. The van der Waals surface area contributed by atoms with Crippen molar-refractivity contribution < 1.29 is 13.2 Å². The van der Waals surface area contributed by atoms with E-state index < -0.39 is 10.0 Å². The molecule has 1 aromatic rings. The van der Waals surface area contributed by atoms with Crippen LogP contribution in [0.4, 0.5) is 0 Å². The Labute approximate surface area is 112 Å². The third-order valence-corrected chi connectivity index (χ3v) is 5.11. The molecule has 0 aliphatic carbocycles. The van der Waals surface area contributed by atoms with Crippen molar-refractivity contribution in [3.05, 3.63) is 35.4 Å². The minimum atomic E-state index is -3.33. The Kier molecular flexibility index (Phi) is 2.87. The monoisotopic (exact) mass is 280 g/mol. The highest BCUT2D eigenvalue weighted by Gasteiger charge is 2.39. The lowest BCUT2D eigenvalue weighted by atomic mass is 9.91. The number of carbonyl (C=O) groups excluding carboxylic acids is 1. The second kappa shape index (κ2) is 4.31. The smallest absolute Gasteiger partial charge is 0.238 e. The van der Waals surface area contributed by atoms with Crippen LogP contribution in [0.25, 0.3) is 0 Å². The fraction of sp³-hybridized carbons (Fsp3) is 0.462. The van der Waals surface area contributed by atoms with Crippen LogP contribution in [0.5, 0.6) is 0 Å². The molecule has 0 spiro atoms. The van der Waals surface area contributed by atoms with E-state index in [1.165, 1.54) is 9.87 Å². The Hall–Kier alpha value is -1.40. The number of amides is 1. The van der Waals surface area contributed by atoms with E-state index in [0.717, 1.165) is 18.2 Å². The van der Waals surface area contributed by atoms with E-state index in [-0.39, 0.29) is 18.5 Å². The van der Waals surface area contributed by atoms with Gasteiger partial charge in [-0.2, -0.15) is 4.31 Å². The van der Waals surface area contributed by atoms with Crippen molar-refractivity contribution >= 4 is 15.9 Å². The minimum absolute atomic E-state index is 0.0303. The van der Waals surface area contributed by atoms with Crippen molar-refractivity contribution in [2.75, 3.05) is 25.9 Å². The van der Waals surface area contributed by atoms with Gasteiger partial charge >= 0.3 is 0 Å². The maximum absolute atomic E-state index is 12.1. The third-order valence-electron chi connectivity index (χ3n) is 3.89. The normalized spacial score (nSPS) is 23.9. The van der Waals surface area contributed by atoms with Crippen molar-refractivity contribution in [3.8, 4) is 0 Å². The van der Waals surface area contributed by atoms with Crippen LogP contribution in [0.2, 0.25) is 0 Å². The molecule has 2 heterocycles. The first-order valence-electron chi connectivity index (χ1n) is 6.29. The number of rotatable bonds is 1. The largest absolute Gasteiger partial charge is 0.333 e. The molecule has 0 aromatic heterocycles. The van der Waals surface area contributed by atoms with Gasteiger partial charge in [0.15, 0.2) is 0 Å². The fourth-order valence-electron chi connectivity index (χ4n) is 2.90. The van der Waals surface area contributed by atoms with E-state index in [1.807, 2.05) is 23.1 Å². The molecule has 1 aromatic carbocycles. The van der Waals surface area contributed by atoms with Gasteiger partial charge in [-0.15, -0.1) is 0 Å². The van der Waals surface area contributed by atoms with Gasteiger partial charge in [-0.3, -0.25) is 4.79 Å². The lowest BCUT2D eigenvalue weighted by Crippen LogP contribution is -2.55. The number of hydrogen-bond acceptors (Lipinski definition) is 3. The van der Waals surface area contributed by atoms with Crippen LogP contribution >= 0.6 is 0 Å². The number of hydrogen-bond donors (Lipinski definition) is 0. The summed E-state index contributed by atoms with van der Waals surface area (Å²) in [6.45, 7) is 1.01. The van der Waals surface area contributed by atoms with Gasteiger partial charge in [0.2, 0.25) is 15.9 Å². The van der Waals surface area contributed by atoms with Gasteiger partial charge in [0.1, 0.15) is 0 Å². The van der Waals surface area contributed by atoms with E-state index >= 15 is 0 Å². The Morgan fingerprint density at radius 2 is 2.00 bits per heavy atom. The predicted octanol–water partition coefficient (Wildman–Crippen LogP) is 0.388. The van der Waals surface area contributed by atoms with Gasteiger partial charge in [-0.05, 0) is 17.5 Å². The molecular formula is C13H16N2O3S. The molecule has 2 aliphatic heterocycles. The maximum atomic E-state index is 12.1. The molecule has 2 aliphatic rings. The lowest BCUT2D eigenvalue weighted by Gasteiger charge is -2.43. The van der Waals surface area contributed by atoms with Crippen LogP contribution in [-0.2, 0) is 21.2 Å². The zero-order valence-corrected chi connectivity index (χ0v) is 11.6. The summed E-state index contributed by atoms with van der Waals surface area (Å²) in [4.78, 5) is 13.9. The molecule has 6 heteroatoms. The maximum Gasteiger partial charge on any atom is 0.238 e.